The molecule has 0 radical (unpaired) electrons. The zero-order valence-electron chi connectivity index (χ0n) is 17.1. The van der Waals surface area contributed by atoms with Crippen molar-refractivity contribution < 1.29 is 17.9 Å². The van der Waals surface area contributed by atoms with Crippen LogP contribution in [0.2, 0.25) is 0 Å². The third kappa shape index (κ3) is 5.12. The van der Waals surface area contributed by atoms with Gasteiger partial charge >= 0.3 is 0 Å². The molecule has 0 spiro atoms. The van der Waals surface area contributed by atoms with E-state index in [1.54, 1.807) is 17.0 Å². The zero-order valence-corrected chi connectivity index (χ0v) is 18.7. The number of carbonyl (C=O) groups is 1. The normalized spacial score (nSPS) is 22.2. The van der Waals surface area contributed by atoms with Crippen LogP contribution in [-0.4, -0.2) is 56.0 Å². The molecule has 4 rings (SSSR count). The Morgan fingerprint density at radius 1 is 1.13 bits per heavy atom. The summed E-state index contributed by atoms with van der Waals surface area (Å²) in [7, 11) is -3.13. The highest BCUT2D eigenvalue weighted by molar-refractivity contribution is 7.99. The van der Waals surface area contributed by atoms with Crippen LogP contribution in [0.4, 0.5) is 0 Å². The number of nitrogens with zero attached hydrogens (tertiary/aromatic N) is 2. The lowest BCUT2D eigenvalue weighted by Crippen LogP contribution is -2.45. The van der Waals surface area contributed by atoms with Crippen molar-refractivity contribution in [1.29, 1.82) is 5.26 Å². The van der Waals surface area contributed by atoms with Gasteiger partial charge in [0.25, 0.3) is 5.91 Å². The Morgan fingerprint density at radius 3 is 2.55 bits per heavy atom. The van der Waals surface area contributed by atoms with Crippen molar-refractivity contribution in [3.05, 3.63) is 59.7 Å². The van der Waals surface area contributed by atoms with Gasteiger partial charge in [0, 0.05) is 29.0 Å². The minimum absolute atomic E-state index is 0.00195. The molecule has 2 aromatic rings. The predicted octanol–water partition coefficient (Wildman–Crippen LogP) is 3.52. The summed E-state index contributed by atoms with van der Waals surface area (Å²) < 4.78 is 30.0. The van der Waals surface area contributed by atoms with Crippen LogP contribution in [-0.2, 0) is 14.6 Å². The fourth-order valence-electron chi connectivity index (χ4n) is 4.08. The molecule has 6 nitrogen and oxygen atoms in total. The van der Waals surface area contributed by atoms with Crippen LogP contribution in [0.1, 0.15) is 35.2 Å². The number of sulfone groups is 1. The number of hydrogen-bond donors (Lipinski definition) is 0. The summed E-state index contributed by atoms with van der Waals surface area (Å²) in [6.45, 7) is 1.07. The monoisotopic (exact) mass is 456 g/mol. The maximum Gasteiger partial charge on any atom is 0.255 e. The topological polar surface area (TPSA) is 87.5 Å². The first-order valence-corrected chi connectivity index (χ1v) is 13.0. The van der Waals surface area contributed by atoms with Gasteiger partial charge in [-0.1, -0.05) is 36.0 Å². The lowest BCUT2D eigenvalue weighted by atomic mass is 10.1. The Morgan fingerprint density at radius 2 is 1.87 bits per heavy atom. The number of nitriles is 1. The number of amides is 1. The lowest BCUT2D eigenvalue weighted by Gasteiger charge is -2.31. The van der Waals surface area contributed by atoms with Gasteiger partial charge in [-0.05, 0) is 43.5 Å². The molecule has 8 heteroatoms. The van der Waals surface area contributed by atoms with Gasteiger partial charge in [0.1, 0.15) is 6.07 Å². The molecule has 2 saturated heterocycles. The van der Waals surface area contributed by atoms with E-state index in [1.165, 1.54) is 11.8 Å². The minimum atomic E-state index is -3.13. The molecule has 1 amide bonds. The highest BCUT2D eigenvalue weighted by Crippen LogP contribution is 2.34. The lowest BCUT2D eigenvalue weighted by molar-refractivity contribution is 0.0439. The van der Waals surface area contributed by atoms with Crippen molar-refractivity contribution in [2.24, 2.45) is 0 Å². The highest BCUT2D eigenvalue weighted by Gasteiger charge is 2.37. The molecule has 0 aromatic heterocycles. The average Bonchev–Trinajstić information content (AvgIpc) is 3.41. The van der Waals surface area contributed by atoms with Crippen molar-refractivity contribution in [3.63, 3.8) is 0 Å². The van der Waals surface area contributed by atoms with Crippen LogP contribution in [0.15, 0.2) is 58.3 Å². The summed E-state index contributed by atoms with van der Waals surface area (Å²) in [6.07, 6.45) is 2.21. The largest absolute Gasteiger partial charge is 0.376 e. The molecule has 0 unspecified atom stereocenters. The van der Waals surface area contributed by atoms with Gasteiger partial charge in [-0.2, -0.15) is 5.26 Å². The Hall–Kier alpha value is -2.34. The molecule has 31 heavy (non-hydrogen) atoms. The van der Waals surface area contributed by atoms with Gasteiger partial charge < -0.3 is 9.64 Å². The van der Waals surface area contributed by atoms with Crippen molar-refractivity contribution in [2.45, 2.75) is 41.2 Å². The number of ether oxygens (including phenoxy) is 1. The van der Waals surface area contributed by atoms with E-state index in [1.807, 2.05) is 36.4 Å². The number of benzene rings is 2. The molecular formula is C23H24N2O4S2. The Labute approximate surface area is 187 Å². The van der Waals surface area contributed by atoms with Crippen LogP contribution in [0.5, 0.6) is 0 Å². The fraction of sp³-hybridized carbons (Fsp3) is 0.391. The maximum atomic E-state index is 13.7. The molecule has 0 bridgehead atoms. The van der Waals surface area contributed by atoms with E-state index in [9.17, 15) is 18.5 Å². The summed E-state index contributed by atoms with van der Waals surface area (Å²) >= 11 is 1.38. The molecule has 2 heterocycles. The van der Waals surface area contributed by atoms with Crippen molar-refractivity contribution >= 4 is 27.5 Å². The van der Waals surface area contributed by atoms with Crippen LogP contribution in [0.25, 0.3) is 0 Å². The van der Waals surface area contributed by atoms with Gasteiger partial charge in [-0.3, -0.25) is 4.79 Å². The van der Waals surface area contributed by atoms with Crippen molar-refractivity contribution in [2.75, 3.05) is 24.7 Å². The maximum absolute atomic E-state index is 13.7. The van der Waals surface area contributed by atoms with E-state index in [4.69, 9.17) is 4.74 Å². The molecule has 2 aliphatic heterocycles. The minimum Gasteiger partial charge on any atom is -0.376 e. The number of hydrogen-bond acceptors (Lipinski definition) is 6. The second kappa shape index (κ2) is 9.43. The Balaban J connectivity index is 1.64. The number of rotatable bonds is 6. The molecule has 2 aromatic carbocycles. The van der Waals surface area contributed by atoms with Gasteiger partial charge in [0.15, 0.2) is 9.84 Å². The SMILES string of the molecule is N#Cc1ccccc1Sc1ccccc1C(=O)N(C[C@@H]1CCCO1)[C@@H]1CCS(=O)(=O)C1. The van der Waals surface area contributed by atoms with E-state index in [0.717, 1.165) is 22.6 Å². The Bertz CT molecular complexity index is 1100. The molecule has 2 fully saturated rings. The second-order valence-corrected chi connectivity index (χ2v) is 11.2. The van der Waals surface area contributed by atoms with Gasteiger partial charge in [0.2, 0.25) is 0 Å². The zero-order chi connectivity index (χ0) is 21.8. The van der Waals surface area contributed by atoms with E-state index >= 15 is 0 Å². The molecule has 2 atom stereocenters. The van der Waals surface area contributed by atoms with Crippen LogP contribution in [0.3, 0.4) is 0 Å². The standard InChI is InChI=1S/C23H24N2O4S2/c24-14-17-6-1-3-9-21(17)30-22-10-4-2-8-20(22)23(26)25(15-19-7-5-12-29-19)18-11-13-31(27,28)16-18/h1-4,6,8-10,18-19H,5,7,11-13,15-16H2/t18-,19+/m1/s1. The van der Waals surface area contributed by atoms with Gasteiger partial charge in [-0.15, -0.1) is 0 Å². The van der Waals surface area contributed by atoms with E-state index in [2.05, 4.69) is 6.07 Å². The second-order valence-electron chi connectivity index (χ2n) is 7.86. The van der Waals surface area contributed by atoms with E-state index < -0.39 is 9.84 Å². The summed E-state index contributed by atoms with van der Waals surface area (Å²) in [4.78, 5) is 16.9. The molecular weight excluding hydrogens is 432 g/mol. The third-order valence-corrected chi connectivity index (χ3v) is 8.58. The first-order chi connectivity index (χ1) is 15.0. The third-order valence-electron chi connectivity index (χ3n) is 5.68. The van der Waals surface area contributed by atoms with Crippen molar-refractivity contribution in [1.82, 2.24) is 4.90 Å². The van der Waals surface area contributed by atoms with E-state index in [0.29, 0.717) is 30.7 Å². The first kappa shape index (κ1) is 21.9. The quantitative estimate of drug-likeness (QED) is 0.661. The fourth-order valence-corrected chi connectivity index (χ4v) is 6.83. The molecule has 0 aliphatic carbocycles. The van der Waals surface area contributed by atoms with Crippen LogP contribution >= 0.6 is 11.8 Å². The molecule has 2 aliphatic rings. The molecule has 162 valence electrons. The molecule has 0 N–H and O–H groups in total. The summed E-state index contributed by atoms with van der Waals surface area (Å²) in [5.41, 5.74) is 1.07. The van der Waals surface area contributed by atoms with Crippen LogP contribution < -0.4 is 0 Å². The summed E-state index contributed by atoms with van der Waals surface area (Å²) in [5, 5.41) is 9.41. The van der Waals surface area contributed by atoms with Gasteiger partial charge in [-0.25, -0.2) is 8.42 Å². The smallest absolute Gasteiger partial charge is 0.255 e. The highest BCUT2D eigenvalue weighted by atomic mass is 32.2. The van der Waals surface area contributed by atoms with E-state index in [-0.39, 0.29) is 29.6 Å². The summed E-state index contributed by atoms with van der Waals surface area (Å²) in [6, 6.07) is 16.4. The first-order valence-electron chi connectivity index (χ1n) is 10.4. The number of carbonyl (C=O) groups excluding carboxylic acids is 1. The molecule has 0 saturated carbocycles. The van der Waals surface area contributed by atoms with Crippen LogP contribution in [0, 0.1) is 11.3 Å². The Kier molecular flexibility index (Phi) is 6.65. The van der Waals surface area contributed by atoms with Gasteiger partial charge in [0.05, 0.1) is 28.7 Å². The summed E-state index contributed by atoms with van der Waals surface area (Å²) in [5.74, 6) is -0.0770. The predicted molar refractivity (Wildman–Crippen MR) is 119 cm³/mol. The average molecular weight is 457 g/mol. The van der Waals surface area contributed by atoms with Crippen molar-refractivity contribution in [3.8, 4) is 6.07 Å².